The molecule has 2 heterocycles. The zero-order valence-electron chi connectivity index (χ0n) is 12.3. The van der Waals surface area contributed by atoms with Crippen molar-refractivity contribution in [2.45, 2.75) is 0 Å². The minimum Gasteiger partial charge on any atom is -0.239 e. The van der Waals surface area contributed by atoms with E-state index in [-0.39, 0.29) is 0 Å². The first-order chi connectivity index (χ1) is 10.8. The molecule has 0 fully saturated rings. The van der Waals surface area contributed by atoms with Crippen LogP contribution in [0.1, 0.15) is 22.3 Å². The summed E-state index contributed by atoms with van der Waals surface area (Å²) in [6, 6.07) is 16.8. The van der Waals surface area contributed by atoms with E-state index in [0.717, 1.165) is 21.5 Å². The summed E-state index contributed by atoms with van der Waals surface area (Å²) in [5.74, 6) is 0. The number of thioether (sulfide) groups is 2. The van der Waals surface area contributed by atoms with Crippen molar-refractivity contribution in [3.05, 3.63) is 70.8 Å². The summed E-state index contributed by atoms with van der Waals surface area (Å²) in [6.45, 7) is 0. The van der Waals surface area contributed by atoms with Crippen LogP contribution in [0.2, 0.25) is 0 Å². The topological polar surface area (TPSA) is 24.7 Å². The highest BCUT2D eigenvalue weighted by molar-refractivity contribution is 8.14. The number of nitrogens with zero attached hydrogens (tertiary/aromatic N) is 2. The molecule has 108 valence electrons. The largest absolute Gasteiger partial charge is 0.239 e. The van der Waals surface area contributed by atoms with Crippen molar-refractivity contribution in [2.75, 3.05) is 12.5 Å². The molecule has 2 aliphatic rings. The number of benzene rings is 2. The molecule has 0 saturated carbocycles. The monoisotopic (exact) mass is 322 g/mol. The van der Waals surface area contributed by atoms with Crippen LogP contribution in [0.4, 0.5) is 0 Å². The van der Waals surface area contributed by atoms with E-state index in [0.29, 0.717) is 0 Å². The normalized spacial score (nSPS) is 18.8. The number of aliphatic imine (C=N–C) groups is 2. The first-order valence-corrected chi connectivity index (χ1v) is 9.47. The highest BCUT2D eigenvalue weighted by atomic mass is 32.2. The summed E-state index contributed by atoms with van der Waals surface area (Å²) in [4.78, 5) is 9.73. The van der Waals surface area contributed by atoms with Gasteiger partial charge in [0, 0.05) is 22.3 Å². The van der Waals surface area contributed by atoms with Crippen molar-refractivity contribution >= 4 is 45.0 Å². The fourth-order valence-corrected chi connectivity index (χ4v) is 4.03. The minimum absolute atomic E-state index is 0.997. The predicted molar refractivity (Wildman–Crippen MR) is 99.8 cm³/mol. The molecule has 0 bridgehead atoms. The third-order valence-electron chi connectivity index (χ3n) is 3.86. The second-order valence-corrected chi connectivity index (χ2v) is 6.62. The van der Waals surface area contributed by atoms with Crippen molar-refractivity contribution in [1.29, 1.82) is 0 Å². The molecular formula is C18H14N2S2. The Bertz CT molecular complexity index is 791. The lowest BCUT2D eigenvalue weighted by Crippen LogP contribution is -1.91. The van der Waals surface area contributed by atoms with E-state index in [9.17, 15) is 0 Å². The lowest BCUT2D eigenvalue weighted by molar-refractivity contribution is 1.50. The van der Waals surface area contributed by atoms with Crippen molar-refractivity contribution in [3.8, 4) is 0 Å². The molecule has 0 aliphatic carbocycles. The average molecular weight is 322 g/mol. The number of fused-ring (bicyclic) bond motifs is 2. The fraction of sp³-hybridized carbons (Fsp3) is 0.111. The maximum atomic E-state index is 4.87. The Morgan fingerprint density at radius 3 is 1.32 bits per heavy atom. The molecule has 4 heteroatoms. The molecule has 2 aliphatic heterocycles. The maximum absolute atomic E-state index is 4.87. The van der Waals surface area contributed by atoms with E-state index < -0.39 is 0 Å². The van der Waals surface area contributed by atoms with Crippen molar-refractivity contribution in [2.24, 2.45) is 9.98 Å². The van der Waals surface area contributed by atoms with Crippen molar-refractivity contribution < 1.29 is 0 Å². The van der Waals surface area contributed by atoms with E-state index in [2.05, 4.69) is 61.0 Å². The highest BCUT2D eigenvalue weighted by Gasteiger charge is 2.27. The van der Waals surface area contributed by atoms with Gasteiger partial charge in [0.1, 0.15) is 10.1 Å². The van der Waals surface area contributed by atoms with E-state index in [1.54, 1.807) is 23.5 Å². The molecule has 0 amide bonds. The molecule has 2 aromatic rings. The third kappa shape index (κ3) is 1.98. The molecule has 2 aromatic carbocycles. The summed E-state index contributed by atoms with van der Waals surface area (Å²) >= 11 is 3.38. The van der Waals surface area contributed by atoms with Gasteiger partial charge in [0.25, 0.3) is 0 Å². The average Bonchev–Trinajstić information content (AvgIpc) is 3.13. The van der Waals surface area contributed by atoms with E-state index in [4.69, 9.17) is 9.98 Å². The van der Waals surface area contributed by atoms with Crippen LogP contribution >= 0.6 is 23.5 Å². The van der Waals surface area contributed by atoms with Gasteiger partial charge >= 0.3 is 0 Å². The standard InChI is InChI=1S/C18H14N2S2/c1-21-17-13-9-5-3-7-11(13)15(19-17)16-12-8-4-6-10-14(12)18(20-16)22-2/h3-10H,1-2H3/b16-15-. The van der Waals surface area contributed by atoms with Crippen LogP contribution < -0.4 is 0 Å². The summed E-state index contributed by atoms with van der Waals surface area (Å²) in [7, 11) is 0. The van der Waals surface area contributed by atoms with Crippen molar-refractivity contribution in [1.82, 2.24) is 0 Å². The summed E-state index contributed by atoms with van der Waals surface area (Å²) in [5, 5.41) is 2.15. The van der Waals surface area contributed by atoms with Crippen LogP contribution in [0.25, 0.3) is 11.4 Å². The first-order valence-electron chi connectivity index (χ1n) is 7.02. The Morgan fingerprint density at radius 1 is 0.591 bits per heavy atom. The van der Waals surface area contributed by atoms with Crippen LogP contribution in [0.15, 0.2) is 58.5 Å². The number of hydrogen-bond donors (Lipinski definition) is 0. The van der Waals surface area contributed by atoms with Crippen LogP contribution in [-0.4, -0.2) is 22.6 Å². The van der Waals surface area contributed by atoms with Gasteiger partial charge in [0.2, 0.25) is 0 Å². The molecule has 4 rings (SSSR count). The van der Waals surface area contributed by atoms with Gasteiger partial charge < -0.3 is 0 Å². The Labute approximate surface area is 138 Å². The van der Waals surface area contributed by atoms with Crippen LogP contribution in [0.5, 0.6) is 0 Å². The van der Waals surface area contributed by atoms with Crippen molar-refractivity contribution in [3.63, 3.8) is 0 Å². The van der Waals surface area contributed by atoms with Crippen LogP contribution in [-0.2, 0) is 0 Å². The molecule has 0 saturated heterocycles. The summed E-state index contributed by atoms with van der Waals surface area (Å²) < 4.78 is 0. The van der Waals surface area contributed by atoms with Gasteiger partial charge in [-0.3, -0.25) is 0 Å². The fourth-order valence-electron chi connectivity index (χ4n) is 2.87. The van der Waals surface area contributed by atoms with Crippen LogP contribution in [0.3, 0.4) is 0 Å². The van der Waals surface area contributed by atoms with E-state index >= 15 is 0 Å². The Kier molecular flexibility index (Phi) is 3.43. The predicted octanol–water partition coefficient (Wildman–Crippen LogP) is 4.76. The number of rotatable bonds is 0. The second kappa shape index (κ2) is 5.45. The quantitative estimate of drug-likeness (QED) is 0.698. The van der Waals surface area contributed by atoms with Gasteiger partial charge in [-0.05, 0) is 12.5 Å². The second-order valence-electron chi connectivity index (χ2n) is 5.03. The molecule has 0 radical (unpaired) electrons. The van der Waals surface area contributed by atoms with Gasteiger partial charge in [-0.15, -0.1) is 23.5 Å². The molecular weight excluding hydrogens is 308 g/mol. The number of hydrogen-bond acceptors (Lipinski definition) is 4. The molecule has 0 N–H and O–H groups in total. The Hall–Kier alpha value is -1.78. The summed E-state index contributed by atoms with van der Waals surface area (Å²) in [5.41, 5.74) is 6.78. The smallest absolute Gasteiger partial charge is 0.104 e. The zero-order chi connectivity index (χ0) is 15.1. The maximum Gasteiger partial charge on any atom is 0.104 e. The van der Waals surface area contributed by atoms with Gasteiger partial charge in [-0.25, -0.2) is 9.98 Å². The highest BCUT2D eigenvalue weighted by Crippen LogP contribution is 2.42. The molecule has 0 spiro atoms. The van der Waals surface area contributed by atoms with Gasteiger partial charge in [0.15, 0.2) is 0 Å². The SMILES string of the molecule is CSC1=N/C(=C2\N=C(SC)c3ccccc32)c2ccccc21. The van der Waals surface area contributed by atoms with Crippen LogP contribution in [0, 0.1) is 0 Å². The lowest BCUT2D eigenvalue weighted by Gasteiger charge is -2.04. The molecule has 0 atom stereocenters. The van der Waals surface area contributed by atoms with Gasteiger partial charge in [0.05, 0.1) is 11.4 Å². The van der Waals surface area contributed by atoms with E-state index in [1.807, 2.05) is 0 Å². The van der Waals surface area contributed by atoms with Gasteiger partial charge in [-0.2, -0.15) is 0 Å². The van der Waals surface area contributed by atoms with Gasteiger partial charge in [-0.1, -0.05) is 48.5 Å². The Balaban J connectivity index is 2.01. The zero-order valence-corrected chi connectivity index (χ0v) is 14.0. The lowest BCUT2D eigenvalue weighted by atomic mass is 10.0. The minimum atomic E-state index is 0.997. The Morgan fingerprint density at radius 2 is 0.955 bits per heavy atom. The molecule has 22 heavy (non-hydrogen) atoms. The molecule has 2 nitrogen and oxygen atoms in total. The third-order valence-corrected chi connectivity index (χ3v) is 5.26. The summed E-state index contributed by atoms with van der Waals surface area (Å²) in [6.07, 6.45) is 4.14. The molecule has 0 aromatic heterocycles. The first kappa shape index (κ1) is 13.9. The molecule has 0 unspecified atom stereocenters. The van der Waals surface area contributed by atoms with E-state index in [1.165, 1.54) is 22.3 Å².